The first-order chi connectivity index (χ1) is 9.56. The Kier molecular flexibility index (Phi) is 9.65. The molecule has 0 aliphatic heterocycles. The third kappa shape index (κ3) is 8.12. The van der Waals surface area contributed by atoms with E-state index in [1.165, 1.54) is 0 Å². The molecule has 0 fully saturated rings. The molecule has 0 radical (unpaired) electrons. The van der Waals surface area contributed by atoms with E-state index in [-0.39, 0.29) is 24.4 Å². The van der Waals surface area contributed by atoms with E-state index in [4.69, 9.17) is 9.47 Å². The van der Waals surface area contributed by atoms with Gasteiger partial charge in [-0.1, -0.05) is 0 Å². The minimum atomic E-state index is -0.470. The summed E-state index contributed by atoms with van der Waals surface area (Å²) >= 11 is 0. The molecule has 5 heteroatoms. The molecule has 0 aromatic heterocycles. The average molecular weight is 304 g/mol. The van der Waals surface area contributed by atoms with E-state index in [0.29, 0.717) is 6.04 Å². The largest absolute Gasteiger partial charge is 0.391 e. The summed E-state index contributed by atoms with van der Waals surface area (Å²) in [4.78, 5) is 4.41. The van der Waals surface area contributed by atoms with Crippen molar-refractivity contribution in [2.75, 3.05) is 27.8 Å². The van der Waals surface area contributed by atoms with Crippen molar-refractivity contribution in [3.8, 4) is 0 Å². The summed E-state index contributed by atoms with van der Waals surface area (Å²) in [6.45, 7) is 12.8. The molecule has 0 heterocycles. The maximum atomic E-state index is 9.50. The second-order valence-electron chi connectivity index (χ2n) is 6.55. The van der Waals surface area contributed by atoms with Crippen molar-refractivity contribution >= 4 is 0 Å². The molecule has 1 N–H and O–H groups in total. The summed E-state index contributed by atoms with van der Waals surface area (Å²) in [5.74, 6) is 0. The van der Waals surface area contributed by atoms with Crippen LogP contribution in [0.4, 0.5) is 0 Å². The van der Waals surface area contributed by atoms with Crippen molar-refractivity contribution in [3.63, 3.8) is 0 Å². The summed E-state index contributed by atoms with van der Waals surface area (Å²) < 4.78 is 11.9. The van der Waals surface area contributed by atoms with Gasteiger partial charge in [0.05, 0.1) is 37.2 Å². The highest BCUT2D eigenvalue weighted by Gasteiger charge is 2.24. The van der Waals surface area contributed by atoms with Crippen LogP contribution in [0.5, 0.6) is 0 Å². The van der Waals surface area contributed by atoms with Crippen LogP contribution in [-0.2, 0) is 9.47 Å². The first-order valence-electron chi connectivity index (χ1n) is 7.90. The topological polar surface area (TPSA) is 45.2 Å². The van der Waals surface area contributed by atoms with E-state index in [2.05, 4.69) is 44.8 Å². The summed E-state index contributed by atoms with van der Waals surface area (Å²) in [7, 11) is 6.22. The molecule has 0 saturated carbocycles. The van der Waals surface area contributed by atoms with Crippen molar-refractivity contribution in [1.82, 2.24) is 9.80 Å². The Morgan fingerprint density at radius 2 is 1.19 bits per heavy atom. The fourth-order valence-corrected chi connectivity index (χ4v) is 2.06. The van der Waals surface area contributed by atoms with Crippen LogP contribution in [0.2, 0.25) is 0 Å². The van der Waals surface area contributed by atoms with E-state index in [1.54, 1.807) is 6.92 Å². The standard InChI is InChI=1S/C16H36N2O3/c1-11(18(9)10-17(7)8)13(3)20-15(5)16(6)21-14(4)12(2)19/h11-16,19H,10H2,1-9H3. The lowest BCUT2D eigenvalue weighted by Crippen LogP contribution is -2.45. The molecule has 0 bridgehead atoms. The van der Waals surface area contributed by atoms with Crippen molar-refractivity contribution in [1.29, 1.82) is 0 Å². The van der Waals surface area contributed by atoms with Gasteiger partial charge >= 0.3 is 0 Å². The van der Waals surface area contributed by atoms with Gasteiger partial charge in [-0.15, -0.1) is 0 Å². The number of aliphatic hydroxyl groups excluding tert-OH is 1. The molecule has 0 rings (SSSR count). The zero-order valence-electron chi connectivity index (χ0n) is 15.3. The van der Waals surface area contributed by atoms with E-state index in [1.807, 2.05) is 20.8 Å². The Hall–Kier alpha value is -0.200. The molecule has 5 nitrogen and oxygen atoms in total. The molecule has 0 aromatic carbocycles. The third-order valence-electron chi connectivity index (χ3n) is 4.08. The first-order valence-corrected chi connectivity index (χ1v) is 7.90. The van der Waals surface area contributed by atoms with Gasteiger partial charge in [0.2, 0.25) is 0 Å². The smallest absolute Gasteiger partial charge is 0.0810 e. The molecular formula is C16H36N2O3. The van der Waals surface area contributed by atoms with Gasteiger partial charge in [-0.05, 0) is 62.7 Å². The SMILES string of the molecule is CC(O)C(C)OC(C)C(C)OC(C)C(C)N(C)CN(C)C. The van der Waals surface area contributed by atoms with Crippen LogP contribution in [0.1, 0.15) is 41.5 Å². The Morgan fingerprint density at radius 3 is 1.57 bits per heavy atom. The zero-order chi connectivity index (χ0) is 16.7. The number of aliphatic hydroxyl groups is 1. The van der Waals surface area contributed by atoms with Gasteiger partial charge in [0.25, 0.3) is 0 Å². The van der Waals surface area contributed by atoms with Gasteiger partial charge in [-0.25, -0.2) is 0 Å². The highest BCUT2D eigenvalue weighted by Crippen LogP contribution is 2.14. The van der Waals surface area contributed by atoms with E-state index < -0.39 is 6.10 Å². The van der Waals surface area contributed by atoms with Crippen LogP contribution >= 0.6 is 0 Å². The Morgan fingerprint density at radius 1 is 0.762 bits per heavy atom. The van der Waals surface area contributed by atoms with E-state index in [9.17, 15) is 5.11 Å². The Labute approximate surface area is 131 Å². The lowest BCUT2D eigenvalue weighted by atomic mass is 10.1. The predicted molar refractivity (Wildman–Crippen MR) is 87.5 cm³/mol. The number of ether oxygens (including phenoxy) is 2. The minimum Gasteiger partial charge on any atom is -0.391 e. The summed E-state index contributed by atoms with van der Waals surface area (Å²) in [5.41, 5.74) is 0. The Bertz CT molecular complexity index is 274. The molecule has 21 heavy (non-hydrogen) atoms. The van der Waals surface area contributed by atoms with Crippen molar-refractivity contribution in [2.45, 2.75) is 78.1 Å². The van der Waals surface area contributed by atoms with Gasteiger partial charge in [-0.3, -0.25) is 9.80 Å². The maximum Gasteiger partial charge on any atom is 0.0810 e. The van der Waals surface area contributed by atoms with Crippen molar-refractivity contribution < 1.29 is 14.6 Å². The number of hydrogen-bond donors (Lipinski definition) is 1. The zero-order valence-corrected chi connectivity index (χ0v) is 15.3. The molecule has 128 valence electrons. The van der Waals surface area contributed by atoms with Gasteiger partial charge in [0.1, 0.15) is 0 Å². The molecule has 0 aromatic rings. The summed E-state index contributed by atoms with van der Waals surface area (Å²) in [6, 6.07) is 0.316. The van der Waals surface area contributed by atoms with Crippen molar-refractivity contribution in [2.24, 2.45) is 0 Å². The maximum absolute atomic E-state index is 9.50. The highest BCUT2D eigenvalue weighted by atomic mass is 16.6. The third-order valence-corrected chi connectivity index (χ3v) is 4.08. The van der Waals surface area contributed by atoms with Crippen LogP contribution < -0.4 is 0 Å². The normalized spacial score (nSPS) is 21.1. The molecular weight excluding hydrogens is 268 g/mol. The fraction of sp³-hybridized carbons (Fsp3) is 1.00. The minimum absolute atomic E-state index is 0.0172. The van der Waals surface area contributed by atoms with Gasteiger partial charge in [0.15, 0.2) is 0 Å². The first kappa shape index (κ1) is 20.8. The molecule has 6 unspecified atom stereocenters. The monoisotopic (exact) mass is 304 g/mol. The van der Waals surface area contributed by atoms with Crippen LogP contribution in [0, 0.1) is 0 Å². The van der Waals surface area contributed by atoms with Crippen LogP contribution in [0.25, 0.3) is 0 Å². The molecule has 6 atom stereocenters. The Balaban J connectivity index is 4.32. The van der Waals surface area contributed by atoms with Crippen LogP contribution in [0.3, 0.4) is 0 Å². The van der Waals surface area contributed by atoms with Gasteiger partial charge in [0, 0.05) is 6.04 Å². The average Bonchev–Trinajstić information content (AvgIpc) is 2.36. The number of nitrogens with zero attached hydrogens (tertiary/aromatic N) is 2. The molecule has 0 spiro atoms. The number of rotatable bonds is 10. The van der Waals surface area contributed by atoms with Crippen LogP contribution in [0.15, 0.2) is 0 Å². The van der Waals surface area contributed by atoms with Crippen LogP contribution in [-0.4, -0.2) is 79.3 Å². The second-order valence-corrected chi connectivity index (χ2v) is 6.55. The number of likely N-dealkylation sites (N-methyl/N-ethyl adjacent to an activating group) is 1. The van der Waals surface area contributed by atoms with E-state index in [0.717, 1.165) is 6.67 Å². The quantitative estimate of drug-likeness (QED) is 0.624. The summed E-state index contributed by atoms with van der Waals surface area (Å²) in [6.07, 6.45) is -0.616. The van der Waals surface area contributed by atoms with Gasteiger partial charge in [-0.2, -0.15) is 0 Å². The van der Waals surface area contributed by atoms with Gasteiger partial charge < -0.3 is 14.6 Å². The molecule has 0 amide bonds. The molecule has 0 aliphatic rings. The highest BCUT2D eigenvalue weighted by molar-refractivity contribution is 4.73. The molecule has 0 aliphatic carbocycles. The fourth-order valence-electron chi connectivity index (χ4n) is 2.06. The second kappa shape index (κ2) is 9.74. The van der Waals surface area contributed by atoms with E-state index >= 15 is 0 Å². The molecule has 0 saturated heterocycles. The number of hydrogen-bond acceptors (Lipinski definition) is 5. The lowest BCUT2D eigenvalue weighted by molar-refractivity contribution is -0.133. The lowest BCUT2D eigenvalue weighted by Gasteiger charge is -2.34. The summed E-state index contributed by atoms with van der Waals surface area (Å²) in [5, 5.41) is 9.50. The van der Waals surface area contributed by atoms with Crippen molar-refractivity contribution in [3.05, 3.63) is 0 Å². The predicted octanol–water partition coefficient (Wildman–Crippen LogP) is 1.79.